The van der Waals surface area contributed by atoms with Gasteiger partial charge >= 0.3 is 0 Å². The smallest absolute Gasteiger partial charge is 0.243 e. The molecular formula is C18H27BrN2O3S. The van der Waals surface area contributed by atoms with Gasteiger partial charge in [-0.1, -0.05) is 0 Å². The highest BCUT2D eigenvalue weighted by atomic mass is 79.9. The fourth-order valence-corrected chi connectivity index (χ4v) is 5.84. The zero-order valence-electron chi connectivity index (χ0n) is 14.9. The van der Waals surface area contributed by atoms with Crippen LogP contribution in [-0.4, -0.2) is 57.0 Å². The number of rotatable bonds is 5. The highest BCUT2D eigenvalue weighted by Gasteiger charge is 2.28. The van der Waals surface area contributed by atoms with E-state index >= 15 is 0 Å². The molecule has 1 aromatic carbocycles. The maximum Gasteiger partial charge on any atom is 0.243 e. The number of hydrogen-bond donors (Lipinski definition) is 0. The van der Waals surface area contributed by atoms with E-state index in [4.69, 9.17) is 4.74 Å². The van der Waals surface area contributed by atoms with Gasteiger partial charge < -0.3 is 9.64 Å². The monoisotopic (exact) mass is 430 g/mol. The molecular weight excluding hydrogens is 404 g/mol. The average molecular weight is 431 g/mol. The second-order valence-corrected chi connectivity index (χ2v) is 10.0. The lowest BCUT2D eigenvalue weighted by atomic mass is 9.92. The van der Waals surface area contributed by atoms with Gasteiger partial charge in [-0.05, 0) is 86.7 Å². The van der Waals surface area contributed by atoms with E-state index in [0.29, 0.717) is 28.5 Å². The summed E-state index contributed by atoms with van der Waals surface area (Å²) in [7, 11) is 0.868. The lowest BCUT2D eigenvalue weighted by molar-refractivity contribution is 0.110. The first-order chi connectivity index (χ1) is 11.9. The molecule has 1 aliphatic heterocycles. The first-order valence-corrected chi connectivity index (χ1v) is 11.2. The van der Waals surface area contributed by atoms with Crippen LogP contribution in [0.2, 0.25) is 0 Å². The molecule has 0 bridgehead atoms. The molecule has 0 radical (unpaired) electrons. The maximum atomic E-state index is 12.6. The van der Waals surface area contributed by atoms with Crippen molar-refractivity contribution < 1.29 is 13.2 Å². The molecule has 1 aliphatic carbocycles. The molecule has 1 heterocycles. The van der Waals surface area contributed by atoms with Gasteiger partial charge in [0, 0.05) is 19.1 Å². The van der Waals surface area contributed by atoms with Crippen LogP contribution in [0, 0.1) is 0 Å². The average Bonchev–Trinajstić information content (AvgIpc) is 3.12. The molecule has 5 nitrogen and oxygen atoms in total. The van der Waals surface area contributed by atoms with E-state index < -0.39 is 10.0 Å². The molecule has 0 aromatic heterocycles. The molecule has 1 saturated carbocycles. The van der Waals surface area contributed by atoms with Crippen molar-refractivity contribution in [1.29, 1.82) is 0 Å². The molecule has 2 fully saturated rings. The van der Waals surface area contributed by atoms with Crippen molar-refractivity contribution in [1.82, 2.24) is 9.21 Å². The van der Waals surface area contributed by atoms with Crippen molar-refractivity contribution in [2.75, 3.05) is 27.2 Å². The summed E-state index contributed by atoms with van der Waals surface area (Å²) in [6, 6.07) is 5.76. The summed E-state index contributed by atoms with van der Waals surface area (Å²) in [4.78, 5) is 2.62. The van der Waals surface area contributed by atoms with E-state index in [9.17, 15) is 8.42 Å². The van der Waals surface area contributed by atoms with Crippen LogP contribution in [0.5, 0.6) is 5.75 Å². The number of benzene rings is 1. The largest absolute Gasteiger partial charge is 0.489 e. The number of ether oxygens (including phenoxy) is 1. The van der Waals surface area contributed by atoms with Crippen molar-refractivity contribution >= 4 is 26.0 Å². The minimum atomic E-state index is -3.39. The quantitative estimate of drug-likeness (QED) is 0.717. The van der Waals surface area contributed by atoms with E-state index in [1.54, 1.807) is 22.5 Å². The second-order valence-electron chi connectivity index (χ2n) is 7.22. The zero-order valence-corrected chi connectivity index (χ0v) is 17.4. The molecule has 25 heavy (non-hydrogen) atoms. The van der Waals surface area contributed by atoms with Gasteiger partial charge in [0.2, 0.25) is 10.0 Å². The lowest BCUT2D eigenvalue weighted by Gasteiger charge is -2.33. The van der Waals surface area contributed by atoms with Gasteiger partial charge in [0.1, 0.15) is 5.75 Å². The Morgan fingerprint density at radius 2 is 1.76 bits per heavy atom. The predicted octanol–water partition coefficient (Wildman–Crippen LogP) is 3.49. The Bertz CT molecular complexity index is 694. The summed E-state index contributed by atoms with van der Waals surface area (Å²) < 4.78 is 33.7. The minimum absolute atomic E-state index is 0.202. The van der Waals surface area contributed by atoms with Crippen LogP contribution in [0.3, 0.4) is 0 Å². The third-order valence-corrected chi connectivity index (χ3v) is 7.79. The molecule has 7 heteroatoms. The molecule has 3 rings (SSSR count). The summed E-state index contributed by atoms with van der Waals surface area (Å²) in [5, 5.41) is 0. The predicted molar refractivity (Wildman–Crippen MR) is 102 cm³/mol. The highest BCUT2D eigenvalue weighted by Crippen LogP contribution is 2.33. The van der Waals surface area contributed by atoms with Gasteiger partial charge in [0.15, 0.2) is 0 Å². The van der Waals surface area contributed by atoms with E-state index in [2.05, 4.69) is 34.9 Å². The molecule has 1 saturated heterocycles. The van der Waals surface area contributed by atoms with Gasteiger partial charge in [-0.15, -0.1) is 0 Å². The summed E-state index contributed by atoms with van der Waals surface area (Å²) in [5.74, 6) is 0.730. The number of halogens is 1. The Kier molecular flexibility index (Phi) is 6.08. The number of sulfonamides is 1. The summed E-state index contributed by atoms with van der Waals surface area (Å²) >= 11 is 3.49. The van der Waals surface area contributed by atoms with Crippen molar-refractivity contribution in [2.24, 2.45) is 0 Å². The van der Waals surface area contributed by atoms with Gasteiger partial charge in [-0.2, -0.15) is 4.31 Å². The fraction of sp³-hybridized carbons (Fsp3) is 0.667. The molecule has 140 valence electrons. The van der Waals surface area contributed by atoms with Crippen LogP contribution in [-0.2, 0) is 10.0 Å². The zero-order chi connectivity index (χ0) is 18.0. The van der Waals surface area contributed by atoms with Crippen LogP contribution >= 0.6 is 15.9 Å². The maximum absolute atomic E-state index is 12.6. The van der Waals surface area contributed by atoms with E-state index in [1.165, 1.54) is 0 Å². The third-order valence-electron chi connectivity index (χ3n) is 5.27. The third kappa shape index (κ3) is 4.38. The van der Waals surface area contributed by atoms with Gasteiger partial charge in [0.05, 0.1) is 15.5 Å². The molecule has 0 N–H and O–H groups in total. The SMILES string of the molecule is CN(C)[C@H]1CC[C@H](Oc2ccc(S(=O)(=O)N3CCCC3)cc2Br)CC1. The Hall–Kier alpha value is -0.630. The fourth-order valence-electron chi connectivity index (χ4n) is 3.67. The Labute approximate surface area is 159 Å². The van der Waals surface area contributed by atoms with Crippen molar-refractivity contribution in [3.8, 4) is 5.75 Å². The van der Waals surface area contributed by atoms with Crippen molar-refractivity contribution in [3.05, 3.63) is 22.7 Å². The van der Waals surface area contributed by atoms with E-state index in [-0.39, 0.29) is 6.10 Å². The molecule has 0 spiro atoms. The van der Waals surface area contributed by atoms with Crippen LogP contribution < -0.4 is 4.74 Å². The van der Waals surface area contributed by atoms with E-state index in [0.717, 1.165) is 44.3 Å². The van der Waals surface area contributed by atoms with E-state index in [1.807, 2.05) is 0 Å². The summed E-state index contributed by atoms with van der Waals surface area (Å²) in [6.07, 6.45) is 6.42. The van der Waals surface area contributed by atoms with Gasteiger partial charge in [-0.25, -0.2) is 8.42 Å². The highest BCUT2D eigenvalue weighted by molar-refractivity contribution is 9.10. The van der Waals surface area contributed by atoms with Gasteiger partial charge in [-0.3, -0.25) is 0 Å². The molecule has 0 amide bonds. The van der Waals surface area contributed by atoms with Gasteiger partial charge in [0.25, 0.3) is 0 Å². The topological polar surface area (TPSA) is 49.9 Å². The summed E-state index contributed by atoms with van der Waals surface area (Å²) in [5.41, 5.74) is 0. The first-order valence-electron chi connectivity index (χ1n) is 9.00. The Balaban J connectivity index is 1.66. The molecule has 1 aromatic rings. The van der Waals surface area contributed by atoms with Crippen LogP contribution in [0.15, 0.2) is 27.6 Å². The Morgan fingerprint density at radius 3 is 2.32 bits per heavy atom. The minimum Gasteiger partial charge on any atom is -0.489 e. The molecule has 2 aliphatic rings. The normalized spacial score (nSPS) is 25.4. The van der Waals surface area contributed by atoms with Crippen molar-refractivity contribution in [3.63, 3.8) is 0 Å². The lowest BCUT2D eigenvalue weighted by Crippen LogP contribution is -2.35. The Morgan fingerprint density at radius 1 is 1.12 bits per heavy atom. The summed E-state index contributed by atoms with van der Waals surface area (Å²) in [6.45, 7) is 1.24. The van der Waals surface area contributed by atoms with Crippen LogP contribution in [0.1, 0.15) is 38.5 Å². The van der Waals surface area contributed by atoms with Crippen LogP contribution in [0.4, 0.5) is 0 Å². The molecule has 0 atom stereocenters. The number of nitrogens with zero attached hydrogens (tertiary/aromatic N) is 2. The standard InChI is InChI=1S/C18H27BrN2O3S/c1-20(2)14-5-7-15(8-6-14)24-18-10-9-16(13-17(18)19)25(22,23)21-11-3-4-12-21/h9-10,13-15H,3-8,11-12H2,1-2H3/t14-,15-. The number of hydrogen-bond acceptors (Lipinski definition) is 4. The van der Waals surface area contributed by atoms with Crippen molar-refractivity contribution in [2.45, 2.75) is 55.6 Å². The molecule has 0 unspecified atom stereocenters. The van der Waals surface area contributed by atoms with Crippen LogP contribution in [0.25, 0.3) is 0 Å². The second kappa shape index (κ2) is 7.94. The first kappa shape index (κ1) is 19.1.